The molecule has 1 saturated heterocycles. The molecule has 0 aromatic heterocycles. The standard InChI is InChI=1S/C15H23N3O5S/c1-3-17(4-2)24(22,23)13-7-8-14(15(10-13)18(20)21)16-9-5-6-12(19)11-16/h7-8,10,12,19H,3-6,9,11H2,1-2H3/t12-/m1/s1. The van der Waals surface area contributed by atoms with E-state index >= 15 is 0 Å². The first-order valence-electron chi connectivity index (χ1n) is 8.02. The second-order valence-corrected chi connectivity index (χ2v) is 7.68. The van der Waals surface area contributed by atoms with Gasteiger partial charge in [-0.15, -0.1) is 0 Å². The van der Waals surface area contributed by atoms with Crippen LogP contribution in [0.5, 0.6) is 0 Å². The van der Waals surface area contributed by atoms with E-state index in [1.54, 1.807) is 18.7 Å². The first kappa shape index (κ1) is 18.6. The summed E-state index contributed by atoms with van der Waals surface area (Å²) in [5.74, 6) is 0. The summed E-state index contributed by atoms with van der Waals surface area (Å²) in [7, 11) is -3.75. The lowest BCUT2D eigenvalue weighted by Crippen LogP contribution is -2.38. The largest absolute Gasteiger partial charge is 0.391 e. The maximum absolute atomic E-state index is 12.6. The molecule has 1 aliphatic rings. The Labute approximate surface area is 141 Å². The topological polar surface area (TPSA) is 104 Å². The fraction of sp³-hybridized carbons (Fsp3) is 0.600. The van der Waals surface area contributed by atoms with E-state index in [1.165, 1.54) is 16.4 Å². The van der Waals surface area contributed by atoms with Gasteiger partial charge in [0.25, 0.3) is 5.69 Å². The Morgan fingerprint density at radius 2 is 2.04 bits per heavy atom. The highest BCUT2D eigenvalue weighted by Gasteiger charge is 2.29. The van der Waals surface area contributed by atoms with Crippen LogP contribution in [0.25, 0.3) is 0 Å². The van der Waals surface area contributed by atoms with Gasteiger partial charge < -0.3 is 10.0 Å². The number of sulfonamides is 1. The number of aliphatic hydroxyl groups excluding tert-OH is 1. The highest BCUT2D eigenvalue weighted by atomic mass is 32.2. The first-order valence-corrected chi connectivity index (χ1v) is 9.46. The summed E-state index contributed by atoms with van der Waals surface area (Å²) in [6.45, 7) is 4.94. The molecule has 0 bridgehead atoms. The molecule has 0 saturated carbocycles. The quantitative estimate of drug-likeness (QED) is 0.612. The number of aliphatic hydroxyl groups is 1. The van der Waals surface area contributed by atoms with Gasteiger partial charge in [-0.05, 0) is 25.0 Å². The van der Waals surface area contributed by atoms with E-state index in [1.807, 2.05) is 0 Å². The number of anilines is 1. The van der Waals surface area contributed by atoms with Crippen molar-refractivity contribution in [3.05, 3.63) is 28.3 Å². The lowest BCUT2D eigenvalue weighted by molar-refractivity contribution is -0.384. The number of rotatable bonds is 6. The molecular formula is C15H23N3O5S. The van der Waals surface area contributed by atoms with Crippen molar-refractivity contribution in [3.63, 3.8) is 0 Å². The lowest BCUT2D eigenvalue weighted by atomic mass is 10.1. The minimum absolute atomic E-state index is 0.0841. The van der Waals surface area contributed by atoms with Crippen LogP contribution in [0, 0.1) is 10.1 Å². The zero-order chi connectivity index (χ0) is 17.9. The lowest BCUT2D eigenvalue weighted by Gasteiger charge is -2.31. The summed E-state index contributed by atoms with van der Waals surface area (Å²) < 4.78 is 26.4. The fourth-order valence-electron chi connectivity index (χ4n) is 2.96. The van der Waals surface area contributed by atoms with Crippen molar-refractivity contribution in [3.8, 4) is 0 Å². The summed E-state index contributed by atoms with van der Waals surface area (Å²) >= 11 is 0. The van der Waals surface area contributed by atoms with E-state index in [0.717, 1.165) is 12.5 Å². The van der Waals surface area contributed by atoms with Gasteiger partial charge in [-0.3, -0.25) is 10.1 Å². The minimum Gasteiger partial charge on any atom is -0.391 e. The number of nitrogens with zero attached hydrogens (tertiary/aromatic N) is 3. The third-order valence-electron chi connectivity index (χ3n) is 4.22. The summed E-state index contributed by atoms with van der Waals surface area (Å²) in [4.78, 5) is 12.5. The zero-order valence-electron chi connectivity index (χ0n) is 13.9. The number of benzene rings is 1. The van der Waals surface area contributed by atoms with Crippen molar-refractivity contribution in [1.29, 1.82) is 0 Å². The van der Waals surface area contributed by atoms with E-state index in [4.69, 9.17) is 0 Å². The average molecular weight is 357 g/mol. The number of nitro benzene ring substituents is 1. The van der Waals surface area contributed by atoms with Gasteiger partial charge in [-0.25, -0.2) is 8.42 Å². The van der Waals surface area contributed by atoms with Gasteiger partial charge in [0.2, 0.25) is 10.0 Å². The predicted octanol–water partition coefficient (Wildman–Crippen LogP) is 1.59. The van der Waals surface area contributed by atoms with E-state index in [9.17, 15) is 23.6 Å². The molecule has 0 spiro atoms. The Bertz CT molecular complexity index is 703. The molecule has 24 heavy (non-hydrogen) atoms. The SMILES string of the molecule is CCN(CC)S(=O)(=O)c1ccc(N2CCC[C@@H](O)C2)c([N+](=O)[O-])c1. The smallest absolute Gasteiger partial charge is 0.293 e. The van der Waals surface area contributed by atoms with Crippen LogP contribution >= 0.6 is 0 Å². The molecule has 8 nitrogen and oxygen atoms in total. The highest BCUT2D eigenvalue weighted by molar-refractivity contribution is 7.89. The summed E-state index contributed by atoms with van der Waals surface area (Å²) in [6, 6.07) is 3.98. The maximum atomic E-state index is 12.6. The van der Waals surface area contributed by atoms with Crippen molar-refractivity contribution >= 4 is 21.4 Å². The number of β-amino-alcohol motifs (C(OH)–C–C–N with tert-alkyl or cyclic N) is 1. The number of piperidine rings is 1. The van der Waals surface area contributed by atoms with Crippen LogP contribution in [0.2, 0.25) is 0 Å². The first-order chi connectivity index (χ1) is 11.3. The van der Waals surface area contributed by atoms with Crippen LogP contribution in [0.15, 0.2) is 23.1 Å². The second-order valence-electron chi connectivity index (χ2n) is 5.74. The van der Waals surface area contributed by atoms with Gasteiger partial charge in [0.15, 0.2) is 0 Å². The van der Waals surface area contributed by atoms with Gasteiger partial charge in [0.05, 0.1) is 15.9 Å². The summed E-state index contributed by atoms with van der Waals surface area (Å²) in [5, 5.41) is 21.2. The zero-order valence-corrected chi connectivity index (χ0v) is 14.7. The second kappa shape index (κ2) is 7.45. The van der Waals surface area contributed by atoms with Crippen molar-refractivity contribution < 1.29 is 18.4 Å². The fourth-order valence-corrected chi connectivity index (χ4v) is 4.44. The average Bonchev–Trinajstić information content (AvgIpc) is 2.55. The third kappa shape index (κ3) is 3.68. The van der Waals surface area contributed by atoms with Gasteiger partial charge >= 0.3 is 0 Å². The van der Waals surface area contributed by atoms with Crippen LogP contribution < -0.4 is 4.90 Å². The Morgan fingerprint density at radius 1 is 1.38 bits per heavy atom. The van der Waals surface area contributed by atoms with Gasteiger partial charge in [-0.1, -0.05) is 13.8 Å². The third-order valence-corrected chi connectivity index (χ3v) is 6.27. The van der Waals surface area contributed by atoms with Crippen LogP contribution in [0.3, 0.4) is 0 Å². The Kier molecular flexibility index (Phi) is 5.79. The normalized spacial score (nSPS) is 18.8. The van der Waals surface area contributed by atoms with E-state index in [-0.39, 0.29) is 10.6 Å². The van der Waals surface area contributed by atoms with Crippen molar-refractivity contribution in [2.24, 2.45) is 0 Å². The Hall–Kier alpha value is -1.71. The van der Waals surface area contributed by atoms with Crippen molar-refractivity contribution in [2.75, 3.05) is 31.1 Å². The van der Waals surface area contributed by atoms with Crippen LogP contribution in [-0.2, 0) is 10.0 Å². The predicted molar refractivity (Wildman–Crippen MR) is 90.7 cm³/mol. The molecule has 1 atom stereocenters. The van der Waals surface area contributed by atoms with Gasteiger partial charge in [0, 0.05) is 32.2 Å². The molecule has 1 fully saturated rings. The molecule has 9 heteroatoms. The van der Waals surface area contributed by atoms with E-state index in [2.05, 4.69) is 0 Å². The molecular weight excluding hydrogens is 334 g/mol. The maximum Gasteiger partial charge on any atom is 0.293 e. The molecule has 0 unspecified atom stereocenters. The molecule has 1 aliphatic heterocycles. The Balaban J connectivity index is 2.45. The molecule has 0 aliphatic carbocycles. The molecule has 1 N–H and O–H groups in total. The number of nitro groups is 1. The minimum atomic E-state index is -3.75. The highest BCUT2D eigenvalue weighted by Crippen LogP contribution is 2.33. The van der Waals surface area contributed by atoms with Crippen molar-refractivity contribution in [1.82, 2.24) is 4.31 Å². The van der Waals surface area contributed by atoms with Gasteiger partial charge in [-0.2, -0.15) is 4.31 Å². The van der Waals surface area contributed by atoms with Crippen LogP contribution in [0.1, 0.15) is 26.7 Å². The number of hydrogen-bond donors (Lipinski definition) is 1. The molecule has 0 amide bonds. The molecule has 1 aromatic rings. The van der Waals surface area contributed by atoms with E-state index in [0.29, 0.717) is 38.3 Å². The molecule has 1 aromatic carbocycles. The monoisotopic (exact) mass is 357 g/mol. The molecule has 0 radical (unpaired) electrons. The Morgan fingerprint density at radius 3 is 2.58 bits per heavy atom. The van der Waals surface area contributed by atoms with Crippen LogP contribution in [-0.4, -0.2) is 55.0 Å². The molecule has 1 heterocycles. The van der Waals surface area contributed by atoms with Crippen molar-refractivity contribution in [2.45, 2.75) is 37.7 Å². The molecule has 2 rings (SSSR count). The summed E-state index contributed by atoms with van der Waals surface area (Å²) in [5.41, 5.74) is 0.0922. The molecule has 134 valence electrons. The number of hydrogen-bond acceptors (Lipinski definition) is 6. The van der Waals surface area contributed by atoms with E-state index < -0.39 is 21.1 Å². The van der Waals surface area contributed by atoms with Crippen LogP contribution in [0.4, 0.5) is 11.4 Å². The summed E-state index contributed by atoms with van der Waals surface area (Å²) in [6.07, 6.45) is 0.869. The van der Waals surface area contributed by atoms with Gasteiger partial charge in [0.1, 0.15) is 5.69 Å².